The second-order valence-corrected chi connectivity index (χ2v) is 7.69. The number of amides is 3. The first kappa shape index (κ1) is 23.9. The van der Waals surface area contributed by atoms with Gasteiger partial charge in [0.2, 0.25) is 17.7 Å². The van der Waals surface area contributed by atoms with Crippen LogP contribution in [0.2, 0.25) is 0 Å². The Hall–Kier alpha value is -3.40. The Morgan fingerprint density at radius 2 is 1.77 bits per heavy atom. The highest BCUT2D eigenvalue weighted by atomic mass is 16.4. The predicted molar refractivity (Wildman–Crippen MR) is 115 cm³/mol. The minimum Gasteiger partial charge on any atom is -0.480 e. The molecule has 0 bridgehead atoms. The number of para-hydroxylation sites is 1. The molecule has 0 aliphatic rings. The Morgan fingerprint density at radius 1 is 1.06 bits per heavy atom. The number of rotatable bonds is 11. The second-order valence-electron chi connectivity index (χ2n) is 7.69. The summed E-state index contributed by atoms with van der Waals surface area (Å²) in [5.74, 6) is -2.78. The lowest BCUT2D eigenvalue weighted by atomic mass is 10.0. The van der Waals surface area contributed by atoms with Gasteiger partial charge in [-0.2, -0.15) is 0 Å². The fraction of sp³-hybridized carbons (Fsp3) is 0.429. The van der Waals surface area contributed by atoms with Crippen molar-refractivity contribution in [3.05, 3.63) is 36.0 Å². The zero-order valence-corrected chi connectivity index (χ0v) is 17.6. The molecule has 1 aromatic heterocycles. The van der Waals surface area contributed by atoms with Crippen molar-refractivity contribution in [3.8, 4) is 0 Å². The molecule has 0 aliphatic heterocycles. The van der Waals surface area contributed by atoms with Gasteiger partial charge in [0.1, 0.15) is 18.6 Å². The zero-order chi connectivity index (χ0) is 23.0. The van der Waals surface area contributed by atoms with E-state index in [0.29, 0.717) is 6.42 Å². The van der Waals surface area contributed by atoms with Crippen molar-refractivity contribution in [2.45, 2.75) is 38.8 Å². The molecule has 0 saturated heterocycles. The Bertz CT molecular complexity index is 939. The van der Waals surface area contributed by atoms with Crippen LogP contribution >= 0.6 is 0 Å². The van der Waals surface area contributed by atoms with E-state index in [-0.39, 0.29) is 18.9 Å². The van der Waals surface area contributed by atoms with Gasteiger partial charge in [-0.15, -0.1) is 0 Å². The summed E-state index contributed by atoms with van der Waals surface area (Å²) in [7, 11) is 0. The van der Waals surface area contributed by atoms with Crippen LogP contribution in [-0.2, 0) is 25.6 Å². The lowest BCUT2D eigenvalue weighted by molar-refractivity contribution is -0.138. The van der Waals surface area contributed by atoms with E-state index in [1.807, 2.05) is 38.1 Å². The maximum absolute atomic E-state index is 13.0. The monoisotopic (exact) mass is 431 g/mol. The van der Waals surface area contributed by atoms with Crippen LogP contribution in [0.4, 0.5) is 0 Å². The molecule has 2 atom stereocenters. The van der Waals surface area contributed by atoms with Gasteiger partial charge in [-0.1, -0.05) is 32.0 Å². The molecule has 0 spiro atoms. The number of aromatic amines is 1. The average molecular weight is 431 g/mol. The summed E-state index contributed by atoms with van der Waals surface area (Å²) in [5, 5.41) is 17.2. The normalized spacial score (nSPS) is 12.9. The highest BCUT2D eigenvalue weighted by molar-refractivity contribution is 5.94. The summed E-state index contributed by atoms with van der Waals surface area (Å²) in [6, 6.07) is 5.66. The van der Waals surface area contributed by atoms with Gasteiger partial charge in [0.05, 0.1) is 6.54 Å². The average Bonchev–Trinajstić information content (AvgIpc) is 3.13. The fourth-order valence-electron chi connectivity index (χ4n) is 3.24. The number of carbonyl (C=O) groups excluding carboxylic acids is 3. The number of H-pyrrole nitrogens is 1. The van der Waals surface area contributed by atoms with Crippen LogP contribution in [0, 0.1) is 5.92 Å². The van der Waals surface area contributed by atoms with E-state index in [1.54, 1.807) is 6.20 Å². The summed E-state index contributed by atoms with van der Waals surface area (Å²) in [4.78, 5) is 51.2. The number of carboxylic acids is 1. The van der Waals surface area contributed by atoms with Crippen molar-refractivity contribution in [1.29, 1.82) is 0 Å². The molecule has 3 amide bonds. The van der Waals surface area contributed by atoms with E-state index in [4.69, 9.17) is 10.8 Å². The Labute approximate surface area is 179 Å². The Kier molecular flexibility index (Phi) is 8.56. The van der Waals surface area contributed by atoms with E-state index in [9.17, 15) is 19.2 Å². The van der Waals surface area contributed by atoms with Gasteiger partial charge in [-0.3, -0.25) is 19.2 Å². The summed E-state index contributed by atoms with van der Waals surface area (Å²) in [6.07, 6.45) is 2.26. The Balaban J connectivity index is 2.20. The van der Waals surface area contributed by atoms with Crippen molar-refractivity contribution in [3.63, 3.8) is 0 Å². The molecule has 31 heavy (non-hydrogen) atoms. The fourth-order valence-corrected chi connectivity index (χ4v) is 3.24. The molecule has 2 rings (SSSR count). The molecular formula is C21H29N5O5. The minimum atomic E-state index is -1.18. The summed E-state index contributed by atoms with van der Waals surface area (Å²) >= 11 is 0. The molecule has 2 unspecified atom stereocenters. The van der Waals surface area contributed by atoms with Crippen molar-refractivity contribution in [2.24, 2.45) is 11.7 Å². The van der Waals surface area contributed by atoms with Crippen molar-refractivity contribution < 1.29 is 24.3 Å². The van der Waals surface area contributed by atoms with Gasteiger partial charge in [0, 0.05) is 23.5 Å². The second kappa shape index (κ2) is 11.1. The number of hydrogen-bond donors (Lipinski definition) is 6. The third-order valence-electron chi connectivity index (χ3n) is 4.69. The van der Waals surface area contributed by atoms with E-state index in [2.05, 4.69) is 20.9 Å². The van der Waals surface area contributed by atoms with Crippen molar-refractivity contribution >= 4 is 34.6 Å². The number of fused-ring (bicyclic) bond motifs is 1. The molecule has 0 radical (unpaired) electrons. The number of hydrogen-bond acceptors (Lipinski definition) is 5. The SMILES string of the molecule is CC(C)CC(NC(=O)C(Cc1c[nH]c2ccccc12)NC(=O)CN)C(=O)NCC(=O)O. The molecule has 168 valence electrons. The number of aromatic nitrogens is 1. The van der Waals surface area contributed by atoms with Crippen LogP contribution in [0.5, 0.6) is 0 Å². The number of benzene rings is 1. The number of carboxylic acid groups (broad SMARTS) is 1. The largest absolute Gasteiger partial charge is 0.480 e. The number of nitrogens with two attached hydrogens (primary N) is 1. The number of aliphatic carboxylic acids is 1. The van der Waals surface area contributed by atoms with Gasteiger partial charge in [0.25, 0.3) is 0 Å². The molecular weight excluding hydrogens is 402 g/mol. The van der Waals surface area contributed by atoms with Gasteiger partial charge >= 0.3 is 5.97 Å². The van der Waals surface area contributed by atoms with Gasteiger partial charge in [0.15, 0.2) is 0 Å². The van der Waals surface area contributed by atoms with Crippen LogP contribution in [0.3, 0.4) is 0 Å². The van der Waals surface area contributed by atoms with Crippen LogP contribution in [-0.4, -0.2) is 59.0 Å². The van der Waals surface area contributed by atoms with Crippen LogP contribution < -0.4 is 21.7 Å². The topological polar surface area (TPSA) is 166 Å². The maximum Gasteiger partial charge on any atom is 0.322 e. The van der Waals surface area contributed by atoms with Gasteiger partial charge in [-0.05, 0) is 24.0 Å². The molecule has 1 aromatic carbocycles. The molecule has 0 saturated carbocycles. The first-order valence-corrected chi connectivity index (χ1v) is 10.1. The van der Waals surface area contributed by atoms with Gasteiger partial charge < -0.3 is 31.8 Å². The lowest BCUT2D eigenvalue weighted by Gasteiger charge is -2.24. The predicted octanol–water partition coefficient (Wildman–Crippen LogP) is -0.114. The van der Waals surface area contributed by atoms with E-state index in [1.165, 1.54) is 0 Å². The van der Waals surface area contributed by atoms with E-state index >= 15 is 0 Å². The smallest absolute Gasteiger partial charge is 0.322 e. The highest BCUT2D eigenvalue weighted by Gasteiger charge is 2.28. The van der Waals surface area contributed by atoms with E-state index < -0.39 is 42.3 Å². The Morgan fingerprint density at radius 3 is 2.42 bits per heavy atom. The van der Waals surface area contributed by atoms with Crippen LogP contribution in [0.15, 0.2) is 30.5 Å². The van der Waals surface area contributed by atoms with Crippen LogP contribution in [0.1, 0.15) is 25.8 Å². The van der Waals surface area contributed by atoms with Crippen molar-refractivity contribution in [1.82, 2.24) is 20.9 Å². The van der Waals surface area contributed by atoms with E-state index in [0.717, 1.165) is 16.5 Å². The highest BCUT2D eigenvalue weighted by Crippen LogP contribution is 2.19. The molecule has 10 heteroatoms. The molecule has 2 aromatic rings. The molecule has 0 fully saturated rings. The van der Waals surface area contributed by atoms with Crippen LogP contribution in [0.25, 0.3) is 10.9 Å². The zero-order valence-electron chi connectivity index (χ0n) is 17.6. The molecule has 7 N–H and O–H groups in total. The molecule has 0 aliphatic carbocycles. The molecule has 10 nitrogen and oxygen atoms in total. The van der Waals surface area contributed by atoms with Gasteiger partial charge in [-0.25, -0.2) is 0 Å². The summed E-state index contributed by atoms with van der Waals surface area (Å²) < 4.78 is 0. The maximum atomic E-state index is 13.0. The number of carbonyl (C=O) groups is 4. The first-order chi connectivity index (χ1) is 14.7. The lowest BCUT2D eigenvalue weighted by Crippen LogP contribution is -2.55. The minimum absolute atomic E-state index is 0.0616. The third kappa shape index (κ3) is 7.10. The quantitative estimate of drug-likeness (QED) is 0.290. The third-order valence-corrected chi connectivity index (χ3v) is 4.69. The summed E-state index contributed by atoms with van der Waals surface area (Å²) in [6.45, 7) is 2.92. The number of nitrogens with one attached hydrogen (secondary N) is 4. The van der Waals surface area contributed by atoms with Crippen molar-refractivity contribution in [2.75, 3.05) is 13.1 Å². The first-order valence-electron chi connectivity index (χ1n) is 10.1. The molecule has 1 heterocycles. The standard InChI is InChI=1S/C21H29N5O5/c1-12(2)7-16(20(30)24-11-19(28)29)26-21(31)17(25-18(27)9-22)8-13-10-23-15-6-4-3-5-14(13)15/h3-6,10,12,16-17,23H,7-9,11,22H2,1-2H3,(H,24,30)(H,25,27)(H,26,31)(H,28,29). The summed E-state index contributed by atoms with van der Waals surface area (Å²) in [5.41, 5.74) is 7.12.